The Morgan fingerprint density at radius 1 is 1.00 bits per heavy atom. The average molecular weight is 475 g/mol. The van der Waals surface area contributed by atoms with E-state index in [1.54, 1.807) is 30.3 Å². The van der Waals surface area contributed by atoms with Crippen LogP contribution >= 0.6 is 0 Å². The molecule has 0 aliphatic carbocycles. The summed E-state index contributed by atoms with van der Waals surface area (Å²) in [6.45, 7) is -0.458. The normalized spacial score (nSPS) is 23.5. The second kappa shape index (κ2) is 9.01. The van der Waals surface area contributed by atoms with E-state index in [-0.39, 0.29) is 12.4 Å². The van der Waals surface area contributed by atoms with Gasteiger partial charge in [-0.1, -0.05) is 6.07 Å². The average Bonchev–Trinajstić information content (AvgIpc) is 3.24. The second-order valence-electron chi connectivity index (χ2n) is 7.59. The van der Waals surface area contributed by atoms with Gasteiger partial charge in [0.2, 0.25) is 11.4 Å². The van der Waals surface area contributed by atoms with Gasteiger partial charge in [0, 0.05) is 19.1 Å². The van der Waals surface area contributed by atoms with Gasteiger partial charge in [-0.3, -0.25) is 14.5 Å². The summed E-state index contributed by atoms with van der Waals surface area (Å²) in [4.78, 5) is 26.5. The number of benzene rings is 2. The minimum absolute atomic E-state index is 0.173. The Balaban J connectivity index is 1.85. The van der Waals surface area contributed by atoms with Crippen LogP contribution in [0.5, 0.6) is 28.7 Å². The van der Waals surface area contributed by atoms with Crippen LogP contribution in [-0.2, 0) is 19.1 Å². The van der Waals surface area contributed by atoms with Crippen LogP contribution in [0.25, 0.3) is 0 Å². The van der Waals surface area contributed by atoms with Gasteiger partial charge >= 0.3 is 5.97 Å². The number of methoxy groups -OCH3 is 4. The molecule has 34 heavy (non-hydrogen) atoms. The maximum Gasteiger partial charge on any atom is 0.308 e. The molecule has 1 unspecified atom stereocenters. The molecule has 2 aliphatic heterocycles. The molecule has 2 aromatic rings. The highest BCUT2D eigenvalue weighted by Crippen LogP contribution is 2.54. The maximum atomic E-state index is 13.4. The third-order valence-electron chi connectivity index (χ3n) is 5.72. The van der Waals surface area contributed by atoms with Crippen LogP contribution in [0.2, 0.25) is 0 Å². The molecule has 2 heterocycles. The minimum atomic E-state index is -1.56. The number of aliphatic hydroxyl groups is 1. The molecule has 1 N–H and O–H groups in total. The summed E-state index contributed by atoms with van der Waals surface area (Å²) in [6.07, 6.45) is 0. The van der Waals surface area contributed by atoms with E-state index in [1.165, 1.54) is 40.3 Å². The SMILES string of the molecule is COc1ccc([C@@H]2N(c3cc(OC)c(OC)c(OC)c3)C(=O)[C@]23COC(O)O3)cc1OC(C)=O. The van der Waals surface area contributed by atoms with E-state index >= 15 is 0 Å². The highest BCUT2D eigenvalue weighted by atomic mass is 16.8. The summed E-state index contributed by atoms with van der Waals surface area (Å²) in [5, 5.41) is 9.90. The van der Waals surface area contributed by atoms with Crippen molar-refractivity contribution in [3.8, 4) is 28.7 Å². The van der Waals surface area contributed by atoms with Crippen LogP contribution in [0.3, 0.4) is 0 Å². The molecule has 4 rings (SSSR count). The van der Waals surface area contributed by atoms with Crippen LogP contribution in [-0.4, -0.2) is 64.1 Å². The Kier molecular flexibility index (Phi) is 6.26. The predicted octanol–water partition coefficient (Wildman–Crippen LogP) is 1.80. The van der Waals surface area contributed by atoms with Crippen LogP contribution in [0.1, 0.15) is 18.5 Å². The van der Waals surface area contributed by atoms with Crippen molar-refractivity contribution in [2.45, 2.75) is 25.0 Å². The molecule has 2 aromatic carbocycles. The predicted molar refractivity (Wildman–Crippen MR) is 116 cm³/mol. The molecule has 3 atom stereocenters. The third-order valence-corrected chi connectivity index (χ3v) is 5.72. The van der Waals surface area contributed by atoms with Crippen molar-refractivity contribution in [1.82, 2.24) is 0 Å². The first-order valence-electron chi connectivity index (χ1n) is 10.3. The lowest BCUT2D eigenvalue weighted by atomic mass is 9.77. The largest absolute Gasteiger partial charge is 0.493 e. The first kappa shape index (κ1) is 23.6. The Morgan fingerprint density at radius 3 is 2.15 bits per heavy atom. The van der Waals surface area contributed by atoms with Crippen LogP contribution < -0.4 is 28.6 Å². The van der Waals surface area contributed by atoms with Crippen LogP contribution in [0.4, 0.5) is 5.69 Å². The zero-order valence-electron chi connectivity index (χ0n) is 19.3. The maximum absolute atomic E-state index is 13.4. The molecule has 2 saturated heterocycles. The number of ether oxygens (including phenoxy) is 7. The molecular formula is C23H25NO10. The summed E-state index contributed by atoms with van der Waals surface area (Å²) in [7, 11) is 5.86. The summed E-state index contributed by atoms with van der Waals surface area (Å²) in [5.41, 5.74) is -0.491. The number of esters is 1. The van der Waals surface area contributed by atoms with Crippen molar-refractivity contribution < 1.29 is 47.9 Å². The first-order chi connectivity index (χ1) is 16.3. The first-order valence-corrected chi connectivity index (χ1v) is 10.3. The molecule has 2 fully saturated rings. The van der Waals surface area contributed by atoms with Crippen molar-refractivity contribution >= 4 is 17.6 Å². The lowest BCUT2D eigenvalue weighted by Gasteiger charge is -2.52. The van der Waals surface area contributed by atoms with Crippen molar-refractivity contribution in [3.05, 3.63) is 35.9 Å². The van der Waals surface area contributed by atoms with Crippen molar-refractivity contribution in [1.29, 1.82) is 0 Å². The van der Waals surface area contributed by atoms with Gasteiger partial charge in [-0.25, -0.2) is 0 Å². The second-order valence-corrected chi connectivity index (χ2v) is 7.59. The lowest BCUT2D eigenvalue weighted by Crippen LogP contribution is -2.70. The topological polar surface area (TPSA) is 122 Å². The molecule has 0 aromatic heterocycles. The highest BCUT2D eigenvalue weighted by molar-refractivity contribution is 6.09. The molecule has 11 nitrogen and oxygen atoms in total. The van der Waals surface area contributed by atoms with Gasteiger partial charge in [-0.2, -0.15) is 0 Å². The van der Waals surface area contributed by atoms with Crippen molar-refractivity contribution in [3.63, 3.8) is 0 Å². The Hall–Kier alpha value is -3.54. The molecule has 0 saturated carbocycles. The van der Waals surface area contributed by atoms with E-state index < -0.39 is 30.0 Å². The number of carbonyl (C=O) groups excluding carboxylic acids is 2. The number of aliphatic hydroxyl groups excluding tert-OH is 1. The smallest absolute Gasteiger partial charge is 0.308 e. The summed E-state index contributed by atoms with van der Waals surface area (Å²) in [6, 6.07) is 7.41. The number of amides is 1. The standard InChI is InChI=1S/C23H25NO10/c1-12(25)33-16-8-13(6-7-15(16)28-2)20-23(11-32-22(27)34-23)21(26)24(20)14-9-17(29-3)19(31-5)18(10-14)30-4/h6-10,20,22,27H,11H2,1-5H3/t20-,22?,23-/m0/s1. The lowest BCUT2D eigenvalue weighted by molar-refractivity contribution is -0.228. The van der Waals surface area contributed by atoms with Gasteiger partial charge in [-0.05, 0) is 17.7 Å². The Morgan fingerprint density at radius 2 is 1.65 bits per heavy atom. The number of β-lactam (4-membered cyclic amide) rings is 1. The van der Waals surface area contributed by atoms with E-state index in [1.807, 2.05) is 0 Å². The van der Waals surface area contributed by atoms with E-state index in [0.29, 0.717) is 34.2 Å². The zero-order chi connectivity index (χ0) is 24.6. The third kappa shape index (κ3) is 3.67. The van der Waals surface area contributed by atoms with Gasteiger partial charge < -0.3 is 38.3 Å². The Labute approximate surface area is 195 Å². The monoisotopic (exact) mass is 475 g/mol. The van der Waals surface area contributed by atoms with E-state index in [4.69, 9.17) is 33.2 Å². The van der Waals surface area contributed by atoms with Crippen LogP contribution in [0, 0.1) is 0 Å². The van der Waals surface area contributed by atoms with E-state index in [0.717, 1.165) is 0 Å². The zero-order valence-corrected chi connectivity index (χ0v) is 19.3. The number of hydrogen-bond donors (Lipinski definition) is 1. The fourth-order valence-corrected chi connectivity index (χ4v) is 4.27. The fraction of sp³-hybridized carbons (Fsp3) is 0.391. The van der Waals surface area contributed by atoms with Crippen molar-refractivity contribution in [2.24, 2.45) is 0 Å². The quantitative estimate of drug-likeness (QED) is 0.360. The summed E-state index contributed by atoms with van der Waals surface area (Å²) < 4.78 is 37.6. The van der Waals surface area contributed by atoms with E-state index in [2.05, 4.69) is 0 Å². The van der Waals surface area contributed by atoms with Gasteiger partial charge in [0.15, 0.2) is 23.0 Å². The van der Waals surface area contributed by atoms with Gasteiger partial charge in [0.25, 0.3) is 12.4 Å². The Bertz CT molecular complexity index is 1090. The van der Waals surface area contributed by atoms with E-state index in [9.17, 15) is 14.7 Å². The number of anilines is 1. The molecule has 1 spiro atoms. The van der Waals surface area contributed by atoms with Crippen molar-refractivity contribution in [2.75, 3.05) is 39.9 Å². The molecule has 11 heteroatoms. The van der Waals surface area contributed by atoms with Gasteiger partial charge in [0.05, 0.1) is 40.7 Å². The number of nitrogens with zero attached hydrogens (tertiary/aromatic N) is 1. The molecule has 182 valence electrons. The molecule has 2 aliphatic rings. The van der Waals surface area contributed by atoms with Crippen LogP contribution in [0.15, 0.2) is 30.3 Å². The van der Waals surface area contributed by atoms with Gasteiger partial charge in [-0.15, -0.1) is 0 Å². The summed E-state index contributed by atoms with van der Waals surface area (Å²) >= 11 is 0. The molecular weight excluding hydrogens is 450 g/mol. The number of hydrogen-bond acceptors (Lipinski definition) is 10. The number of rotatable bonds is 7. The fourth-order valence-electron chi connectivity index (χ4n) is 4.27. The highest BCUT2D eigenvalue weighted by Gasteiger charge is 2.67. The molecule has 0 radical (unpaired) electrons. The van der Waals surface area contributed by atoms with Gasteiger partial charge in [0.1, 0.15) is 6.04 Å². The minimum Gasteiger partial charge on any atom is -0.493 e. The molecule has 0 bridgehead atoms. The number of carbonyl (C=O) groups is 2. The summed E-state index contributed by atoms with van der Waals surface area (Å²) in [5.74, 6) is 0.602. The molecule has 1 amide bonds.